The third kappa shape index (κ3) is 8.13. The lowest BCUT2D eigenvalue weighted by Crippen LogP contribution is -2.45. The standard InChI is InChI=1S/C20H34FN5O/c1-17(27-19-9-5-4-8-18(19)21)16-24-20(22-2)23-10-6-7-11-26-14-12-25(3)13-15-26/h4-5,8-9,17H,6-7,10-16H2,1-3H3,(H2,22,23,24). The minimum Gasteiger partial charge on any atom is -0.486 e. The van der Waals surface area contributed by atoms with E-state index in [1.807, 2.05) is 6.92 Å². The molecule has 1 saturated heterocycles. The van der Waals surface area contributed by atoms with Gasteiger partial charge in [0.1, 0.15) is 6.10 Å². The predicted molar refractivity (Wildman–Crippen MR) is 109 cm³/mol. The molecule has 0 radical (unpaired) electrons. The van der Waals surface area contributed by atoms with Crippen LogP contribution in [0.3, 0.4) is 0 Å². The first kappa shape index (κ1) is 21.4. The van der Waals surface area contributed by atoms with Crippen molar-refractivity contribution in [1.29, 1.82) is 0 Å². The van der Waals surface area contributed by atoms with Crippen LogP contribution in [0.25, 0.3) is 0 Å². The third-order valence-corrected chi connectivity index (χ3v) is 4.73. The highest BCUT2D eigenvalue weighted by Gasteiger charge is 2.13. The molecule has 1 aliphatic heterocycles. The molecule has 27 heavy (non-hydrogen) atoms. The number of hydrogen-bond acceptors (Lipinski definition) is 4. The number of rotatable bonds is 9. The fraction of sp³-hybridized carbons (Fsp3) is 0.650. The lowest BCUT2D eigenvalue weighted by Gasteiger charge is -2.32. The molecule has 1 aromatic rings. The molecule has 2 N–H and O–H groups in total. The molecule has 0 aromatic heterocycles. The van der Waals surface area contributed by atoms with Gasteiger partial charge in [0.15, 0.2) is 17.5 Å². The van der Waals surface area contributed by atoms with Gasteiger partial charge in [-0.25, -0.2) is 4.39 Å². The van der Waals surface area contributed by atoms with Gasteiger partial charge in [-0.05, 0) is 45.5 Å². The van der Waals surface area contributed by atoms with Crippen molar-refractivity contribution in [3.63, 3.8) is 0 Å². The zero-order valence-corrected chi connectivity index (χ0v) is 16.9. The summed E-state index contributed by atoms with van der Waals surface area (Å²) in [5.74, 6) is 0.685. The van der Waals surface area contributed by atoms with Gasteiger partial charge in [-0.3, -0.25) is 4.99 Å². The van der Waals surface area contributed by atoms with Crippen LogP contribution >= 0.6 is 0 Å². The van der Waals surface area contributed by atoms with Crippen LogP contribution < -0.4 is 15.4 Å². The van der Waals surface area contributed by atoms with Gasteiger partial charge in [0, 0.05) is 39.8 Å². The monoisotopic (exact) mass is 379 g/mol. The highest BCUT2D eigenvalue weighted by atomic mass is 19.1. The van der Waals surface area contributed by atoms with Crippen molar-refractivity contribution >= 4 is 5.96 Å². The van der Waals surface area contributed by atoms with E-state index in [4.69, 9.17) is 4.74 Å². The molecule has 0 aliphatic carbocycles. The van der Waals surface area contributed by atoms with Gasteiger partial charge in [-0.2, -0.15) is 0 Å². The van der Waals surface area contributed by atoms with Crippen LogP contribution in [-0.2, 0) is 0 Å². The van der Waals surface area contributed by atoms with Gasteiger partial charge >= 0.3 is 0 Å². The number of benzene rings is 1. The largest absolute Gasteiger partial charge is 0.486 e. The molecule has 0 bridgehead atoms. The maximum atomic E-state index is 13.6. The molecular formula is C20H34FN5O. The Labute approximate surface area is 162 Å². The number of guanidine groups is 1. The van der Waals surface area contributed by atoms with E-state index in [1.165, 1.54) is 38.7 Å². The number of likely N-dealkylation sites (N-methyl/N-ethyl adjacent to an activating group) is 1. The summed E-state index contributed by atoms with van der Waals surface area (Å²) in [6.45, 7) is 9.19. The van der Waals surface area contributed by atoms with Crippen molar-refractivity contribution in [2.45, 2.75) is 25.9 Å². The molecule has 6 nitrogen and oxygen atoms in total. The van der Waals surface area contributed by atoms with E-state index in [2.05, 4.69) is 32.5 Å². The maximum Gasteiger partial charge on any atom is 0.191 e. The molecule has 1 aliphatic rings. The van der Waals surface area contributed by atoms with Crippen molar-refractivity contribution in [2.75, 3.05) is 59.9 Å². The van der Waals surface area contributed by atoms with Crippen LogP contribution in [0.1, 0.15) is 19.8 Å². The Bertz CT molecular complexity index is 575. The number of aliphatic imine (C=N–C) groups is 1. The van der Waals surface area contributed by atoms with Crippen LogP contribution in [0.4, 0.5) is 4.39 Å². The Morgan fingerprint density at radius 2 is 1.93 bits per heavy atom. The van der Waals surface area contributed by atoms with Gasteiger partial charge in [0.2, 0.25) is 0 Å². The number of nitrogens with one attached hydrogen (secondary N) is 2. The normalized spacial score (nSPS) is 17.6. The summed E-state index contributed by atoms with van der Waals surface area (Å²) < 4.78 is 19.2. The van der Waals surface area contributed by atoms with E-state index >= 15 is 0 Å². The number of unbranched alkanes of at least 4 members (excludes halogenated alkanes) is 1. The third-order valence-electron chi connectivity index (χ3n) is 4.73. The predicted octanol–water partition coefficient (Wildman–Crippen LogP) is 1.79. The van der Waals surface area contributed by atoms with E-state index in [9.17, 15) is 4.39 Å². The van der Waals surface area contributed by atoms with Crippen LogP contribution in [0.15, 0.2) is 29.3 Å². The second-order valence-corrected chi connectivity index (χ2v) is 7.09. The fourth-order valence-corrected chi connectivity index (χ4v) is 3.00. The van der Waals surface area contributed by atoms with Gasteiger partial charge < -0.3 is 25.2 Å². The smallest absolute Gasteiger partial charge is 0.191 e. The maximum absolute atomic E-state index is 13.6. The highest BCUT2D eigenvalue weighted by Crippen LogP contribution is 2.16. The molecule has 2 rings (SSSR count). The van der Waals surface area contributed by atoms with E-state index in [1.54, 1.807) is 25.2 Å². The molecular weight excluding hydrogens is 345 g/mol. The molecule has 1 fully saturated rings. The number of para-hydroxylation sites is 1. The van der Waals surface area contributed by atoms with E-state index < -0.39 is 0 Å². The van der Waals surface area contributed by atoms with Crippen LogP contribution in [-0.4, -0.2) is 81.8 Å². The second kappa shape index (κ2) is 11.8. The number of hydrogen-bond donors (Lipinski definition) is 2. The summed E-state index contributed by atoms with van der Waals surface area (Å²) in [4.78, 5) is 9.15. The summed E-state index contributed by atoms with van der Waals surface area (Å²) in [7, 11) is 3.93. The number of nitrogens with zero attached hydrogens (tertiary/aromatic N) is 3. The minimum absolute atomic E-state index is 0.169. The second-order valence-electron chi connectivity index (χ2n) is 7.09. The quantitative estimate of drug-likeness (QED) is 0.389. The average Bonchev–Trinajstić information content (AvgIpc) is 2.67. The molecule has 1 heterocycles. The zero-order valence-electron chi connectivity index (χ0n) is 16.9. The van der Waals surface area contributed by atoms with Crippen LogP contribution in [0.2, 0.25) is 0 Å². The topological polar surface area (TPSA) is 52.1 Å². The lowest BCUT2D eigenvalue weighted by molar-refractivity contribution is 0.152. The first-order valence-electron chi connectivity index (χ1n) is 9.85. The Hall–Kier alpha value is -1.86. The fourth-order valence-electron chi connectivity index (χ4n) is 3.00. The lowest BCUT2D eigenvalue weighted by atomic mass is 10.2. The number of ether oxygens (including phenoxy) is 1. The summed E-state index contributed by atoms with van der Waals surface area (Å²) in [5, 5.41) is 6.56. The summed E-state index contributed by atoms with van der Waals surface area (Å²) in [6, 6.07) is 6.46. The molecule has 0 saturated carbocycles. The Morgan fingerprint density at radius 1 is 1.19 bits per heavy atom. The average molecular weight is 380 g/mol. The van der Waals surface area contributed by atoms with Crippen molar-refractivity contribution < 1.29 is 9.13 Å². The summed E-state index contributed by atoms with van der Waals surface area (Å²) in [5.41, 5.74) is 0. The van der Waals surface area contributed by atoms with Gasteiger partial charge in [-0.15, -0.1) is 0 Å². The van der Waals surface area contributed by atoms with E-state index in [-0.39, 0.29) is 17.7 Å². The molecule has 1 unspecified atom stereocenters. The van der Waals surface area contributed by atoms with Crippen molar-refractivity contribution in [3.8, 4) is 5.75 Å². The molecule has 0 spiro atoms. The van der Waals surface area contributed by atoms with E-state index in [0.717, 1.165) is 25.5 Å². The van der Waals surface area contributed by atoms with Gasteiger partial charge in [0.05, 0.1) is 6.54 Å². The van der Waals surface area contributed by atoms with Crippen molar-refractivity contribution in [1.82, 2.24) is 20.4 Å². The Morgan fingerprint density at radius 3 is 2.63 bits per heavy atom. The van der Waals surface area contributed by atoms with Crippen molar-refractivity contribution in [3.05, 3.63) is 30.1 Å². The molecule has 7 heteroatoms. The van der Waals surface area contributed by atoms with Gasteiger partial charge in [0.25, 0.3) is 0 Å². The summed E-state index contributed by atoms with van der Waals surface area (Å²) >= 11 is 0. The van der Waals surface area contributed by atoms with Crippen molar-refractivity contribution in [2.24, 2.45) is 4.99 Å². The molecule has 1 atom stereocenters. The molecule has 1 aromatic carbocycles. The molecule has 152 valence electrons. The SMILES string of the molecule is CN=C(NCCCCN1CCN(C)CC1)NCC(C)Oc1ccccc1F. The Kier molecular flexibility index (Phi) is 9.35. The summed E-state index contributed by atoms with van der Waals surface area (Å²) in [6.07, 6.45) is 2.12. The minimum atomic E-state index is -0.341. The highest BCUT2D eigenvalue weighted by molar-refractivity contribution is 5.79. The van der Waals surface area contributed by atoms with Gasteiger partial charge in [-0.1, -0.05) is 12.1 Å². The Balaban J connectivity index is 1.56. The number of halogens is 1. The number of piperazine rings is 1. The zero-order chi connectivity index (χ0) is 19.5. The van der Waals surface area contributed by atoms with Crippen LogP contribution in [0.5, 0.6) is 5.75 Å². The molecule has 0 amide bonds. The first-order chi connectivity index (χ1) is 13.1. The van der Waals surface area contributed by atoms with E-state index in [0.29, 0.717) is 6.54 Å². The van der Waals surface area contributed by atoms with Crippen LogP contribution in [0, 0.1) is 5.82 Å². The first-order valence-corrected chi connectivity index (χ1v) is 9.85.